The first-order chi connectivity index (χ1) is 11.6. The third kappa shape index (κ3) is 4.14. The lowest BCUT2D eigenvalue weighted by Gasteiger charge is -2.15. The van der Waals surface area contributed by atoms with Crippen LogP contribution < -0.4 is 10.6 Å². The molecule has 8 heteroatoms. The van der Waals surface area contributed by atoms with Crippen LogP contribution in [0.5, 0.6) is 0 Å². The Bertz CT molecular complexity index is 814. The van der Waals surface area contributed by atoms with Crippen molar-refractivity contribution in [1.29, 1.82) is 0 Å². The lowest BCUT2D eigenvalue weighted by Crippen LogP contribution is -2.43. The molecular formula is C16H21N5O2S. The summed E-state index contributed by atoms with van der Waals surface area (Å²) >= 11 is 0. The van der Waals surface area contributed by atoms with Crippen molar-refractivity contribution in [2.45, 2.75) is 19.0 Å². The number of guanidine groups is 1. The van der Waals surface area contributed by atoms with Gasteiger partial charge in [0, 0.05) is 19.3 Å². The van der Waals surface area contributed by atoms with Gasteiger partial charge in [-0.15, -0.1) is 0 Å². The molecule has 2 heterocycles. The molecule has 1 fully saturated rings. The standard InChI is InChI=1S/C16H21N5O2S/c1-17-16(19-14-8-10-24(22,23)12-14)18-11-13-7-9-21(20-13)15-5-3-2-4-6-15/h2-7,9,14H,8,10-12H2,1H3,(H2,17,18,19). The van der Waals surface area contributed by atoms with E-state index in [1.807, 2.05) is 47.3 Å². The van der Waals surface area contributed by atoms with E-state index in [-0.39, 0.29) is 17.5 Å². The molecular weight excluding hydrogens is 326 g/mol. The van der Waals surface area contributed by atoms with Gasteiger partial charge in [0.15, 0.2) is 15.8 Å². The number of rotatable bonds is 4. The predicted molar refractivity (Wildman–Crippen MR) is 94.0 cm³/mol. The lowest BCUT2D eigenvalue weighted by molar-refractivity contribution is 0.599. The number of hydrogen-bond acceptors (Lipinski definition) is 4. The van der Waals surface area contributed by atoms with Crippen molar-refractivity contribution in [3.63, 3.8) is 0 Å². The minimum Gasteiger partial charge on any atom is -0.353 e. The van der Waals surface area contributed by atoms with Crippen molar-refractivity contribution >= 4 is 15.8 Å². The average molecular weight is 347 g/mol. The zero-order valence-electron chi connectivity index (χ0n) is 13.5. The van der Waals surface area contributed by atoms with Gasteiger partial charge in [-0.25, -0.2) is 13.1 Å². The summed E-state index contributed by atoms with van der Waals surface area (Å²) in [6, 6.07) is 11.7. The molecule has 7 nitrogen and oxygen atoms in total. The van der Waals surface area contributed by atoms with Gasteiger partial charge in [-0.1, -0.05) is 18.2 Å². The van der Waals surface area contributed by atoms with Gasteiger partial charge in [0.05, 0.1) is 29.4 Å². The third-order valence-corrected chi connectivity index (χ3v) is 5.67. The van der Waals surface area contributed by atoms with E-state index in [1.165, 1.54) is 0 Å². The van der Waals surface area contributed by atoms with Crippen LogP contribution in [0.25, 0.3) is 5.69 Å². The molecule has 0 saturated carbocycles. The summed E-state index contributed by atoms with van der Waals surface area (Å²) < 4.78 is 24.8. The zero-order valence-corrected chi connectivity index (χ0v) is 14.3. The molecule has 0 amide bonds. The topological polar surface area (TPSA) is 88.4 Å². The Morgan fingerprint density at radius 2 is 2.12 bits per heavy atom. The van der Waals surface area contributed by atoms with Crippen LogP contribution in [0.3, 0.4) is 0 Å². The van der Waals surface area contributed by atoms with Crippen molar-refractivity contribution in [2.24, 2.45) is 4.99 Å². The second kappa shape index (κ2) is 7.04. The Morgan fingerprint density at radius 1 is 1.33 bits per heavy atom. The van der Waals surface area contributed by atoms with Gasteiger partial charge in [-0.3, -0.25) is 4.99 Å². The second-order valence-corrected chi connectivity index (χ2v) is 7.99. The van der Waals surface area contributed by atoms with Gasteiger partial charge in [-0.2, -0.15) is 5.10 Å². The van der Waals surface area contributed by atoms with Gasteiger partial charge in [0.25, 0.3) is 0 Å². The van der Waals surface area contributed by atoms with E-state index in [0.717, 1.165) is 11.4 Å². The fourth-order valence-electron chi connectivity index (χ4n) is 2.65. The van der Waals surface area contributed by atoms with Crippen LogP contribution in [0.1, 0.15) is 12.1 Å². The van der Waals surface area contributed by atoms with Crippen LogP contribution in [-0.4, -0.2) is 48.8 Å². The van der Waals surface area contributed by atoms with Crippen LogP contribution in [0.2, 0.25) is 0 Å². The van der Waals surface area contributed by atoms with E-state index in [4.69, 9.17) is 0 Å². The highest BCUT2D eigenvalue weighted by Gasteiger charge is 2.28. The number of sulfone groups is 1. The summed E-state index contributed by atoms with van der Waals surface area (Å²) in [7, 11) is -1.24. The quantitative estimate of drug-likeness (QED) is 0.629. The van der Waals surface area contributed by atoms with E-state index in [9.17, 15) is 8.42 Å². The highest BCUT2D eigenvalue weighted by Crippen LogP contribution is 2.11. The van der Waals surface area contributed by atoms with E-state index >= 15 is 0 Å². The Kier molecular flexibility index (Phi) is 4.84. The molecule has 1 aromatic carbocycles. The van der Waals surface area contributed by atoms with Crippen LogP contribution in [0.4, 0.5) is 0 Å². The summed E-state index contributed by atoms with van der Waals surface area (Å²) in [4.78, 5) is 4.14. The summed E-state index contributed by atoms with van der Waals surface area (Å²) in [5, 5.41) is 10.8. The Labute approximate surface area is 141 Å². The molecule has 0 radical (unpaired) electrons. The molecule has 1 aliphatic rings. The fraction of sp³-hybridized carbons (Fsp3) is 0.375. The molecule has 1 saturated heterocycles. The molecule has 128 valence electrons. The maximum absolute atomic E-state index is 11.5. The first-order valence-corrected chi connectivity index (χ1v) is 9.65. The molecule has 1 aromatic heterocycles. The largest absolute Gasteiger partial charge is 0.353 e. The molecule has 2 aromatic rings. The molecule has 2 N–H and O–H groups in total. The molecule has 3 rings (SSSR count). The number of aromatic nitrogens is 2. The summed E-state index contributed by atoms with van der Waals surface area (Å²) in [6.07, 6.45) is 2.53. The predicted octanol–water partition coefficient (Wildman–Crippen LogP) is 0.724. The highest BCUT2D eigenvalue weighted by atomic mass is 32.2. The molecule has 24 heavy (non-hydrogen) atoms. The summed E-state index contributed by atoms with van der Waals surface area (Å²) in [5.74, 6) is 0.991. The molecule has 1 unspecified atom stereocenters. The molecule has 1 atom stereocenters. The summed E-state index contributed by atoms with van der Waals surface area (Å²) in [6.45, 7) is 0.513. The summed E-state index contributed by atoms with van der Waals surface area (Å²) in [5.41, 5.74) is 1.88. The smallest absolute Gasteiger partial charge is 0.191 e. The SMILES string of the molecule is CN=C(NCc1ccn(-c2ccccc2)n1)NC1CCS(=O)(=O)C1. The van der Waals surface area contributed by atoms with Crippen molar-refractivity contribution < 1.29 is 8.42 Å². The Balaban J connectivity index is 1.56. The van der Waals surface area contributed by atoms with Crippen molar-refractivity contribution in [2.75, 3.05) is 18.6 Å². The van der Waals surface area contributed by atoms with Gasteiger partial charge in [0.1, 0.15) is 0 Å². The zero-order chi connectivity index (χ0) is 17.0. The first kappa shape index (κ1) is 16.5. The number of nitrogens with one attached hydrogen (secondary N) is 2. The van der Waals surface area contributed by atoms with Gasteiger partial charge in [-0.05, 0) is 24.6 Å². The number of para-hydroxylation sites is 1. The lowest BCUT2D eigenvalue weighted by atomic mass is 10.3. The number of aliphatic imine (C=N–C) groups is 1. The number of benzene rings is 1. The minimum atomic E-state index is -2.90. The Hall–Kier alpha value is -2.35. The molecule has 0 spiro atoms. The van der Waals surface area contributed by atoms with Crippen molar-refractivity contribution in [3.8, 4) is 5.69 Å². The van der Waals surface area contributed by atoms with Crippen molar-refractivity contribution in [3.05, 3.63) is 48.3 Å². The average Bonchev–Trinajstić information content (AvgIpc) is 3.18. The Morgan fingerprint density at radius 3 is 2.79 bits per heavy atom. The molecule has 1 aliphatic heterocycles. The molecule has 0 aliphatic carbocycles. The van der Waals surface area contributed by atoms with E-state index in [1.54, 1.807) is 7.05 Å². The third-order valence-electron chi connectivity index (χ3n) is 3.90. The maximum atomic E-state index is 11.5. The number of hydrogen-bond donors (Lipinski definition) is 2. The van der Waals surface area contributed by atoms with Crippen LogP contribution >= 0.6 is 0 Å². The maximum Gasteiger partial charge on any atom is 0.191 e. The fourth-order valence-corrected chi connectivity index (χ4v) is 4.32. The monoisotopic (exact) mass is 347 g/mol. The van der Waals surface area contributed by atoms with E-state index in [2.05, 4.69) is 20.7 Å². The van der Waals surface area contributed by atoms with Crippen LogP contribution in [0.15, 0.2) is 47.6 Å². The van der Waals surface area contributed by atoms with Crippen LogP contribution in [0, 0.1) is 0 Å². The van der Waals surface area contributed by atoms with Crippen LogP contribution in [-0.2, 0) is 16.4 Å². The first-order valence-electron chi connectivity index (χ1n) is 7.83. The normalized spacial score (nSPS) is 20.0. The number of nitrogens with zero attached hydrogens (tertiary/aromatic N) is 3. The molecule has 0 bridgehead atoms. The van der Waals surface area contributed by atoms with Gasteiger partial charge < -0.3 is 10.6 Å². The van der Waals surface area contributed by atoms with E-state index < -0.39 is 9.84 Å². The van der Waals surface area contributed by atoms with E-state index in [0.29, 0.717) is 18.9 Å². The van der Waals surface area contributed by atoms with Gasteiger partial charge in [0.2, 0.25) is 0 Å². The minimum absolute atomic E-state index is 0.0805. The van der Waals surface area contributed by atoms with Crippen molar-refractivity contribution in [1.82, 2.24) is 20.4 Å². The highest BCUT2D eigenvalue weighted by molar-refractivity contribution is 7.91. The van der Waals surface area contributed by atoms with Gasteiger partial charge >= 0.3 is 0 Å². The second-order valence-electron chi connectivity index (χ2n) is 5.76.